The van der Waals surface area contributed by atoms with Crippen LogP contribution in [0.2, 0.25) is 0 Å². The van der Waals surface area contributed by atoms with Gasteiger partial charge in [-0.3, -0.25) is 4.79 Å². The number of nitrogens with two attached hydrogens (primary N) is 1. The number of rotatable bonds is 2. The first-order valence-electron chi connectivity index (χ1n) is 6.79. The zero-order valence-electron chi connectivity index (χ0n) is 11.6. The van der Waals surface area contributed by atoms with E-state index in [0.29, 0.717) is 16.7 Å². The molecular formula is C15H21BrN2O. The lowest BCUT2D eigenvalue weighted by Crippen LogP contribution is -2.41. The van der Waals surface area contributed by atoms with Crippen LogP contribution < -0.4 is 5.73 Å². The number of hydrogen-bond acceptors (Lipinski definition) is 2. The van der Waals surface area contributed by atoms with Crippen LogP contribution in [-0.2, 0) is 0 Å². The summed E-state index contributed by atoms with van der Waals surface area (Å²) in [5, 5.41) is 0. The second-order valence-electron chi connectivity index (χ2n) is 5.69. The van der Waals surface area contributed by atoms with Crippen molar-refractivity contribution in [3.05, 3.63) is 28.2 Å². The molecule has 3 nitrogen and oxygen atoms in total. The van der Waals surface area contributed by atoms with Gasteiger partial charge in [-0.05, 0) is 52.4 Å². The number of carbonyl (C=O) groups is 1. The summed E-state index contributed by atoms with van der Waals surface area (Å²) >= 11 is 3.37. The van der Waals surface area contributed by atoms with Crippen LogP contribution in [0.5, 0.6) is 0 Å². The Hall–Kier alpha value is -1.03. The van der Waals surface area contributed by atoms with Gasteiger partial charge >= 0.3 is 0 Å². The first kappa shape index (κ1) is 14.4. The normalized spacial score (nSPS) is 18.4. The van der Waals surface area contributed by atoms with Crippen molar-refractivity contribution in [3.8, 4) is 0 Å². The van der Waals surface area contributed by atoms with Gasteiger partial charge in [0.2, 0.25) is 0 Å². The van der Waals surface area contributed by atoms with E-state index < -0.39 is 0 Å². The Morgan fingerprint density at radius 3 is 2.58 bits per heavy atom. The highest BCUT2D eigenvalue weighted by atomic mass is 79.9. The quantitative estimate of drug-likeness (QED) is 0.843. The highest BCUT2D eigenvalue weighted by molar-refractivity contribution is 9.10. The van der Waals surface area contributed by atoms with E-state index in [-0.39, 0.29) is 5.91 Å². The molecule has 0 atom stereocenters. The zero-order valence-corrected chi connectivity index (χ0v) is 13.2. The number of anilines is 1. The maximum absolute atomic E-state index is 12.4. The molecule has 19 heavy (non-hydrogen) atoms. The summed E-state index contributed by atoms with van der Waals surface area (Å²) in [5.74, 6) is 0.110. The van der Waals surface area contributed by atoms with Gasteiger partial charge in [-0.1, -0.05) is 20.3 Å². The predicted octanol–water partition coefficient (Wildman–Crippen LogP) is 3.68. The molecule has 1 amide bonds. The van der Waals surface area contributed by atoms with E-state index in [2.05, 4.69) is 29.8 Å². The molecule has 1 fully saturated rings. The minimum absolute atomic E-state index is 0.110. The van der Waals surface area contributed by atoms with Crippen molar-refractivity contribution in [3.63, 3.8) is 0 Å². The smallest absolute Gasteiger partial charge is 0.253 e. The van der Waals surface area contributed by atoms with Gasteiger partial charge in [0.1, 0.15) is 0 Å². The summed E-state index contributed by atoms with van der Waals surface area (Å²) in [5.41, 5.74) is 7.52. The molecule has 2 N–H and O–H groups in total. The standard InChI is InChI=1S/C15H21BrN2O/c1-3-15(2)6-8-18(9-7-15)14(19)11-4-5-13(17)12(16)10-11/h4-5,10H,3,6-9,17H2,1-2H3. The summed E-state index contributed by atoms with van der Waals surface area (Å²) in [6.45, 7) is 6.25. The average molecular weight is 325 g/mol. The summed E-state index contributed by atoms with van der Waals surface area (Å²) in [4.78, 5) is 14.4. The lowest BCUT2D eigenvalue weighted by molar-refractivity contribution is 0.0600. The van der Waals surface area contributed by atoms with E-state index >= 15 is 0 Å². The number of amides is 1. The van der Waals surface area contributed by atoms with Crippen molar-refractivity contribution in [1.29, 1.82) is 0 Å². The van der Waals surface area contributed by atoms with Crippen molar-refractivity contribution >= 4 is 27.5 Å². The number of halogens is 1. The average Bonchev–Trinajstić information content (AvgIpc) is 2.42. The summed E-state index contributed by atoms with van der Waals surface area (Å²) in [6, 6.07) is 5.39. The minimum atomic E-state index is 0.110. The highest BCUT2D eigenvalue weighted by Crippen LogP contribution is 2.34. The molecular weight excluding hydrogens is 304 g/mol. The zero-order chi connectivity index (χ0) is 14.0. The fourth-order valence-electron chi connectivity index (χ4n) is 2.45. The molecule has 104 valence electrons. The van der Waals surface area contributed by atoms with Crippen molar-refractivity contribution in [1.82, 2.24) is 4.90 Å². The largest absolute Gasteiger partial charge is 0.398 e. The van der Waals surface area contributed by atoms with E-state index in [1.54, 1.807) is 12.1 Å². The third kappa shape index (κ3) is 3.11. The molecule has 0 aromatic heterocycles. The highest BCUT2D eigenvalue weighted by Gasteiger charge is 2.30. The summed E-state index contributed by atoms with van der Waals surface area (Å²) < 4.78 is 0.786. The molecule has 1 aliphatic heterocycles. The first-order chi connectivity index (χ1) is 8.95. The van der Waals surface area contributed by atoms with Crippen LogP contribution in [-0.4, -0.2) is 23.9 Å². The molecule has 1 aromatic rings. The predicted molar refractivity (Wildman–Crippen MR) is 82.1 cm³/mol. The van der Waals surface area contributed by atoms with Crippen LogP contribution in [0.3, 0.4) is 0 Å². The fourth-order valence-corrected chi connectivity index (χ4v) is 2.82. The van der Waals surface area contributed by atoms with Gasteiger partial charge in [-0.25, -0.2) is 0 Å². The Balaban J connectivity index is 2.07. The molecule has 1 aliphatic rings. The molecule has 1 heterocycles. The lowest BCUT2D eigenvalue weighted by atomic mass is 9.78. The van der Waals surface area contributed by atoms with Crippen LogP contribution >= 0.6 is 15.9 Å². The number of likely N-dealkylation sites (tertiary alicyclic amines) is 1. The first-order valence-corrected chi connectivity index (χ1v) is 7.59. The molecule has 4 heteroatoms. The van der Waals surface area contributed by atoms with E-state index in [4.69, 9.17) is 5.73 Å². The van der Waals surface area contributed by atoms with Gasteiger partial charge in [0.15, 0.2) is 0 Å². The topological polar surface area (TPSA) is 46.3 Å². The summed E-state index contributed by atoms with van der Waals surface area (Å²) in [6.07, 6.45) is 3.36. The maximum Gasteiger partial charge on any atom is 0.253 e. The van der Waals surface area contributed by atoms with Gasteiger partial charge in [-0.2, -0.15) is 0 Å². The number of piperidine rings is 1. The number of nitrogen functional groups attached to an aromatic ring is 1. The van der Waals surface area contributed by atoms with Crippen molar-refractivity contribution in [2.75, 3.05) is 18.8 Å². The van der Waals surface area contributed by atoms with Crippen molar-refractivity contribution < 1.29 is 4.79 Å². The Bertz CT molecular complexity index is 479. The Morgan fingerprint density at radius 2 is 2.05 bits per heavy atom. The SMILES string of the molecule is CCC1(C)CCN(C(=O)c2ccc(N)c(Br)c2)CC1. The molecule has 2 rings (SSSR count). The number of benzene rings is 1. The lowest BCUT2D eigenvalue weighted by Gasteiger charge is -2.39. The van der Waals surface area contributed by atoms with E-state index in [0.717, 1.165) is 30.4 Å². The minimum Gasteiger partial charge on any atom is -0.398 e. The molecule has 1 saturated heterocycles. The van der Waals surface area contributed by atoms with Crippen LogP contribution in [0.15, 0.2) is 22.7 Å². The number of nitrogens with zero attached hydrogens (tertiary/aromatic N) is 1. The van der Waals surface area contributed by atoms with Crippen LogP contribution in [0, 0.1) is 5.41 Å². The Labute approximate surface area is 123 Å². The molecule has 0 bridgehead atoms. The van der Waals surface area contributed by atoms with E-state index in [9.17, 15) is 4.79 Å². The monoisotopic (exact) mass is 324 g/mol. The fraction of sp³-hybridized carbons (Fsp3) is 0.533. The van der Waals surface area contributed by atoms with Crippen molar-refractivity contribution in [2.45, 2.75) is 33.1 Å². The second kappa shape index (κ2) is 5.53. The molecule has 0 spiro atoms. The van der Waals surface area contributed by atoms with Gasteiger partial charge < -0.3 is 10.6 Å². The molecule has 0 unspecified atom stereocenters. The summed E-state index contributed by atoms with van der Waals surface area (Å²) in [7, 11) is 0. The third-order valence-corrected chi connectivity index (χ3v) is 5.05. The van der Waals surface area contributed by atoms with Gasteiger partial charge in [-0.15, -0.1) is 0 Å². The van der Waals surface area contributed by atoms with Gasteiger partial charge in [0.05, 0.1) is 0 Å². The molecule has 1 aromatic carbocycles. The molecule has 0 saturated carbocycles. The van der Waals surface area contributed by atoms with Gasteiger partial charge in [0, 0.05) is 28.8 Å². The third-order valence-electron chi connectivity index (χ3n) is 4.36. The number of hydrogen-bond donors (Lipinski definition) is 1. The molecule has 0 aliphatic carbocycles. The van der Waals surface area contributed by atoms with Crippen LogP contribution in [0.1, 0.15) is 43.5 Å². The Morgan fingerprint density at radius 1 is 1.42 bits per heavy atom. The van der Waals surface area contributed by atoms with Gasteiger partial charge in [0.25, 0.3) is 5.91 Å². The van der Waals surface area contributed by atoms with Crippen molar-refractivity contribution in [2.24, 2.45) is 5.41 Å². The maximum atomic E-state index is 12.4. The van der Waals surface area contributed by atoms with E-state index in [1.807, 2.05) is 11.0 Å². The molecule has 0 radical (unpaired) electrons. The second-order valence-corrected chi connectivity index (χ2v) is 6.55. The van der Waals surface area contributed by atoms with Crippen LogP contribution in [0.25, 0.3) is 0 Å². The number of carbonyl (C=O) groups excluding carboxylic acids is 1. The Kier molecular flexibility index (Phi) is 4.19. The van der Waals surface area contributed by atoms with Crippen LogP contribution in [0.4, 0.5) is 5.69 Å². The van der Waals surface area contributed by atoms with E-state index in [1.165, 1.54) is 6.42 Å².